The largest absolute Gasteiger partial charge is 0.345 e. The molecule has 2 N–H and O–H groups in total. The number of amides is 3. The van der Waals surface area contributed by atoms with E-state index in [4.69, 9.17) is 0 Å². The summed E-state index contributed by atoms with van der Waals surface area (Å²) in [4.78, 5) is 30.1. The van der Waals surface area contributed by atoms with Crippen LogP contribution in [0.2, 0.25) is 0 Å². The van der Waals surface area contributed by atoms with Crippen molar-refractivity contribution in [3.05, 3.63) is 45.7 Å². The van der Waals surface area contributed by atoms with Crippen LogP contribution in [0, 0.1) is 5.82 Å². The smallest absolute Gasteiger partial charge is 0.321 e. The minimum absolute atomic E-state index is 0.0730. The molecule has 6 nitrogen and oxygen atoms in total. The van der Waals surface area contributed by atoms with Gasteiger partial charge in [-0.1, -0.05) is 0 Å². The van der Waals surface area contributed by atoms with Crippen LogP contribution in [0.1, 0.15) is 39.8 Å². The second-order valence-electron chi connectivity index (χ2n) is 6.17. The summed E-state index contributed by atoms with van der Waals surface area (Å²) in [6.07, 6.45) is 2.36. The first kappa shape index (κ1) is 16.0. The average Bonchev–Trinajstić information content (AvgIpc) is 3.20. The third-order valence-corrected chi connectivity index (χ3v) is 5.20. The molecule has 3 amide bonds. The van der Waals surface area contributed by atoms with E-state index >= 15 is 0 Å². The molecule has 1 aliphatic heterocycles. The van der Waals surface area contributed by atoms with E-state index in [0.717, 1.165) is 10.7 Å². The lowest BCUT2D eigenvalue weighted by molar-refractivity contribution is 0.0947. The minimum atomic E-state index is -0.612. The third kappa shape index (κ3) is 3.34. The van der Waals surface area contributed by atoms with Gasteiger partial charge in [-0.2, -0.15) is 0 Å². The van der Waals surface area contributed by atoms with Crippen LogP contribution in [-0.4, -0.2) is 30.0 Å². The van der Waals surface area contributed by atoms with E-state index in [-0.39, 0.29) is 18.1 Å². The number of carbonyl (C=O) groups is 2. The Morgan fingerprint density at radius 3 is 3.00 bits per heavy atom. The van der Waals surface area contributed by atoms with Gasteiger partial charge in [0.1, 0.15) is 10.8 Å². The van der Waals surface area contributed by atoms with Crippen molar-refractivity contribution in [2.45, 2.75) is 25.3 Å². The second-order valence-corrected chi connectivity index (χ2v) is 7.11. The first-order valence-corrected chi connectivity index (χ1v) is 9.07. The summed E-state index contributed by atoms with van der Waals surface area (Å²) in [6.45, 7) is 1.30. The topological polar surface area (TPSA) is 74.3 Å². The molecule has 2 fully saturated rings. The van der Waals surface area contributed by atoms with Crippen molar-refractivity contribution >= 4 is 29.0 Å². The molecule has 8 heteroatoms. The van der Waals surface area contributed by atoms with E-state index in [2.05, 4.69) is 15.6 Å². The maximum atomic E-state index is 14.1. The quantitative estimate of drug-likeness (QED) is 0.861. The zero-order valence-corrected chi connectivity index (χ0v) is 14.2. The fraction of sp³-hybridized carbons (Fsp3) is 0.353. The van der Waals surface area contributed by atoms with Gasteiger partial charge in [0.05, 0.1) is 17.8 Å². The Morgan fingerprint density at radius 1 is 1.44 bits per heavy atom. The number of hydrogen-bond donors (Lipinski definition) is 2. The zero-order valence-electron chi connectivity index (χ0n) is 13.4. The predicted molar refractivity (Wildman–Crippen MR) is 92.4 cm³/mol. The van der Waals surface area contributed by atoms with Gasteiger partial charge in [0.15, 0.2) is 0 Å². The standard InChI is InChI=1S/C17H17FN4O2S/c18-13-4-3-11(22-6-5-19-17(22)24)7-12(13)16(23)20-8-15-21-14(9-25-15)10-1-2-10/h3-4,7,9-10H,1-2,5-6,8H2,(H,19,24)(H,20,23). The Labute approximate surface area is 148 Å². The number of benzene rings is 1. The molecule has 1 saturated heterocycles. The van der Waals surface area contributed by atoms with E-state index in [9.17, 15) is 14.0 Å². The van der Waals surface area contributed by atoms with Crippen LogP contribution in [0.3, 0.4) is 0 Å². The highest BCUT2D eigenvalue weighted by Gasteiger charge is 2.26. The number of nitrogens with zero attached hydrogens (tertiary/aromatic N) is 2. The summed E-state index contributed by atoms with van der Waals surface area (Å²) in [5.74, 6) is -0.553. The summed E-state index contributed by atoms with van der Waals surface area (Å²) in [6, 6.07) is 3.88. The van der Waals surface area contributed by atoms with Gasteiger partial charge in [0, 0.05) is 30.1 Å². The molecule has 0 spiro atoms. The molecule has 130 valence electrons. The van der Waals surface area contributed by atoms with Crippen LogP contribution in [0.4, 0.5) is 14.9 Å². The third-order valence-electron chi connectivity index (χ3n) is 4.33. The van der Waals surface area contributed by atoms with Crippen LogP contribution in [0.15, 0.2) is 23.6 Å². The molecule has 4 rings (SSSR count). The lowest BCUT2D eigenvalue weighted by Gasteiger charge is -2.15. The molecule has 0 atom stereocenters. The van der Waals surface area contributed by atoms with Crippen molar-refractivity contribution in [2.24, 2.45) is 0 Å². The highest BCUT2D eigenvalue weighted by molar-refractivity contribution is 7.09. The first-order chi connectivity index (χ1) is 12.1. The Morgan fingerprint density at radius 2 is 2.28 bits per heavy atom. The first-order valence-electron chi connectivity index (χ1n) is 8.19. The summed E-state index contributed by atoms with van der Waals surface area (Å²) in [7, 11) is 0. The molecule has 2 heterocycles. The van der Waals surface area contributed by atoms with E-state index in [0.29, 0.717) is 24.7 Å². The van der Waals surface area contributed by atoms with Gasteiger partial charge < -0.3 is 10.6 Å². The number of nitrogens with one attached hydrogen (secondary N) is 2. The normalized spacial score (nSPS) is 16.8. The summed E-state index contributed by atoms with van der Waals surface area (Å²) < 4.78 is 14.1. The average molecular weight is 360 g/mol. The number of halogens is 1. The molecule has 0 radical (unpaired) electrons. The van der Waals surface area contributed by atoms with Gasteiger partial charge in [-0.15, -0.1) is 11.3 Å². The van der Waals surface area contributed by atoms with Crippen LogP contribution < -0.4 is 15.5 Å². The van der Waals surface area contributed by atoms with Crippen molar-refractivity contribution in [1.29, 1.82) is 0 Å². The molecule has 25 heavy (non-hydrogen) atoms. The maximum Gasteiger partial charge on any atom is 0.321 e. The van der Waals surface area contributed by atoms with Gasteiger partial charge >= 0.3 is 6.03 Å². The summed E-state index contributed by atoms with van der Waals surface area (Å²) in [5, 5.41) is 8.22. The van der Waals surface area contributed by atoms with Gasteiger partial charge in [0.25, 0.3) is 5.91 Å². The second kappa shape index (κ2) is 6.44. The van der Waals surface area contributed by atoms with Crippen LogP contribution >= 0.6 is 11.3 Å². The molecule has 2 aromatic rings. The van der Waals surface area contributed by atoms with Crippen molar-refractivity contribution in [2.75, 3.05) is 18.0 Å². The number of rotatable bonds is 5. The predicted octanol–water partition coefficient (Wildman–Crippen LogP) is 2.62. The molecule has 1 aromatic heterocycles. The molecule has 0 unspecified atom stereocenters. The minimum Gasteiger partial charge on any atom is -0.345 e. The van der Waals surface area contributed by atoms with E-state index in [1.54, 1.807) is 0 Å². The number of hydrogen-bond acceptors (Lipinski definition) is 4. The van der Waals surface area contributed by atoms with Gasteiger partial charge in [-0.05, 0) is 31.0 Å². The van der Waals surface area contributed by atoms with Gasteiger partial charge in [0.2, 0.25) is 0 Å². The SMILES string of the molecule is O=C(NCc1nc(C2CC2)cs1)c1cc(N2CCNC2=O)ccc1F. The summed E-state index contributed by atoms with van der Waals surface area (Å²) >= 11 is 1.50. The number of aromatic nitrogens is 1. The maximum absolute atomic E-state index is 14.1. The van der Waals surface area contributed by atoms with Gasteiger partial charge in [-0.3, -0.25) is 9.69 Å². The van der Waals surface area contributed by atoms with Gasteiger partial charge in [-0.25, -0.2) is 14.2 Å². The molecule has 1 aromatic carbocycles. The Kier molecular flexibility index (Phi) is 4.12. The number of carbonyl (C=O) groups excluding carboxylic acids is 2. The van der Waals surface area contributed by atoms with Crippen molar-refractivity contribution in [3.8, 4) is 0 Å². The van der Waals surface area contributed by atoms with Crippen LogP contribution in [0.25, 0.3) is 0 Å². The highest BCUT2D eigenvalue weighted by Crippen LogP contribution is 2.40. The zero-order chi connectivity index (χ0) is 17.4. The van der Waals surface area contributed by atoms with Crippen molar-refractivity contribution in [1.82, 2.24) is 15.6 Å². The van der Waals surface area contributed by atoms with Crippen molar-refractivity contribution < 1.29 is 14.0 Å². The highest BCUT2D eigenvalue weighted by atomic mass is 32.1. The van der Waals surface area contributed by atoms with Crippen LogP contribution in [0.5, 0.6) is 0 Å². The lowest BCUT2D eigenvalue weighted by atomic mass is 10.1. The lowest BCUT2D eigenvalue weighted by Crippen LogP contribution is -2.29. The fourth-order valence-electron chi connectivity index (χ4n) is 2.80. The monoisotopic (exact) mass is 360 g/mol. The molecule has 0 bridgehead atoms. The molecule has 2 aliphatic rings. The van der Waals surface area contributed by atoms with E-state index in [1.807, 2.05) is 5.38 Å². The van der Waals surface area contributed by atoms with E-state index in [1.165, 1.54) is 47.3 Å². The molecular weight excluding hydrogens is 343 g/mol. The Balaban J connectivity index is 1.45. The van der Waals surface area contributed by atoms with Crippen LogP contribution in [-0.2, 0) is 6.54 Å². The molecular formula is C17H17FN4O2S. The molecule has 1 saturated carbocycles. The van der Waals surface area contributed by atoms with E-state index < -0.39 is 11.7 Å². The summed E-state index contributed by atoms with van der Waals surface area (Å²) in [5.41, 5.74) is 1.52. The Hall–Kier alpha value is -2.48. The number of thiazole rings is 1. The molecule has 1 aliphatic carbocycles. The van der Waals surface area contributed by atoms with Crippen molar-refractivity contribution in [3.63, 3.8) is 0 Å². The number of anilines is 1. The fourth-order valence-corrected chi connectivity index (χ4v) is 3.61. The number of urea groups is 1. The Bertz CT molecular complexity index is 834.